The Morgan fingerprint density at radius 2 is 1.76 bits per heavy atom. The Labute approximate surface area is 107 Å². The van der Waals surface area contributed by atoms with Gasteiger partial charge in [-0.05, 0) is 25.3 Å². The Balaban J connectivity index is 3.49. The van der Waals surface area contributed by atoms with Gasteiger partial charge in [-0.2, -0.15) is 0 Å². The van der Waals surface area contributed by atoms with Gasteiger partial charge in [0.05, 0.1) is 19.3 Å². The summed E-state index contributed by atoms with van der Waals surface area (Å²) in [5.74, 6) is 0.551. The lowest BCUT2D eigenvalue weighted by molar-refractivity contribution is -0.0143. The van der Waals surface area contributed by atoms with E-state index in [0.717, 1.165) is 32.7 Å². The van der Waals surface area contributed by atoms with Gasteiger partial charge in [0.15, 0.2) is 0 Å². The third kappa shape index (κ3) is 10.7. The van der Waals surface area contributed by atoms with Crippen LogP contribution in [0.1, 0.15) is 47.0 Å². The molecule has 0 bridgehead atoms. The standard InChI is InChI=1S/C14H31NO2/c1-5-7-9-16-10-11-17-14(13(3)4)12-15-8-6-2/h13-15H,5-12H2,1-4H3. The van der Waals surface area contributed by atoms with E-state index in [1.807, 2.05) is 0 Å². The van der Waals surface area contributed by atoms with Crippen molar-refractivity contribution in [1.82, 2.24) is 5.32 Å². The highest BCUT2D eigenvalue weighted by molar-refractivity contribution is 4.65. The first-order valence-corrected chi connectivity index (χ1v) is 7.12. The van der Waals surface area contributed by atoms with Crippen molar-refractivity contribution in [2.45, 2.75) is 53.1 Å². The van der Waals surface area contributed by atoms with E-state index in [0.29, 0.717) is 18.6 Å². The van der Waals surface area contributed by atoms with Crippen LogP contribution in [0.15, 0.2) is 0 Å². The summed E-state index contributed by atoms with van der Waals surface area (Å²) in [5.41, 5.74) is 0. The molecule has 0 aromatic rings. The molecule has 1 unspecified atom stereocenters. The fraction of sp³-hybridized carbons (Fsp3) is 1.00. The van der Waals surface area contributed by atoms with Crippen LogP contribution in [0.4, 0.5) is 0 Å². The second kappa shape index (κ2) is 12.3. The van der Waals surface area contributed by atoms with Crippen molar-refractivity contribution in [3.8, 4) is 0 Å². The highest BCUT2D eigenvalue weighted by Gasteiger charge is 2.12. The van der Waals surface area contributed by atoms with Crippen molar-refractivity contribution >= 4 is 0 Å². The molecule has 3 heteroatoms. The molecule has 0 aromatic carbocycles. The first-order valence-electron chi connectivity index (χ1n) is 7.12. The zero-order valence-electron chi connectivity index (χ0n) is 12.1. The lowest BCUT2D eigenvalue weighted by Crippen LogP contribution is -2.34. The molecule has 0 aromatic heterocycles. The normalized spacial score (nSPS) is 13.2. The van der Waals surface area contributed by atoms with Gasteiger partial charge in [-0.15, -0.1) is 0 Å². The molecule has 0 spiro atoms. The molecule has 3 nitrogen and oxygen atoms in total. The van der Waals surface area contributed by atoms with Crippen molar-refractivity contribution in [1.29, 1.82) is 0 Å². The smallest absolute Gasteiger partial charge is 0.0723 e. The molecular weight excluding hydrogens is 214 g/mol. The zero-order valence-corrected chi connectivity index (χ0v) is 12.1. The molecule has 17 heavy (non-hydrogen) atoms. The summed E-state index contributed by atoms with van der Waals surface area (Å²) >= 11 is 0. The van der Waals surface area contributed by atoms with Crippen LogP contribution in [0.25, 0.3) is 0 Å². The summed E-state index contributed by atoms with van der Waals surface area (Å²) in [6.07, 6.45) is 3.81. The van der Waals surface area contributed by atoms with Crippen LogP contribution < -0.4 is 5.32 Å². The summed E-state index contributed by atoms with van der Waals surface area (Å²) in [5, 5.41) is 3.41. The van der Waals surface area contributed by atoms with Crippen molar-refractivity contribution in [3.63, 3.8) is 0 Å². The number of rotatable bonds is 12. The maximum absolute atomic E-state index is 5.84. The second-order valence-corrected chi connectivity index (χ2v) is 4.82. The van der Waals surface area contributed by atoms with Gasteiger partial charge < -0.3 is 14.8 Å². The van der Waals surface area contributed by atoms with Gasteiger partial charge in [-0.25, -0.2) is 0 Å². The minimum atomic E-state index is 0.302. The van der Waals surface area contributed by atoms with E-state index in [1.165, 1.54) is 12.8 Å². The van der Waals surface area contributed by atoms with Crippen LogP contribution in [-0.4, -0.2) is 39.0 Å². The number of hydrogen-bond donors (Lipinski definition) is 1. The van der Waals surface area contributed by atoms with Crippen LogP contribution in [0, 0.1) is 5.92 Å². The van der Waals surface area contributed by atoms with E-state index in [9.17, 15) is 0 Å². The molecular formula is C14H31NO2. The molecule has 0 fully saturated rings. The molecule has 0 saturated heterocycles. The van der Waals surface area contributed by atoms with Gasteiger partial charge in [-0.3, -0.25) is 0 Å². The third-order valence-corrected chi connectivity index (χ3v) is 2.72. The second-order valence-electron chi connectivity index (χ2n) is 4.82. The predicted octanol–water partition coefficient (Wildman–Crippen LogP) is 2.84. The van der Waals surface area contributed by atoms with Gasteiger partial charge in [0.2, 0.25) is 0 Å². The van der Waals surface area contributed by atoms with Crippen LogP contribution in [0.5, 0.6) is 0 Å². The van der Waals surface area contributed by atoms with Crippen molar-refractivity contribution in [2.75, 3.05) is 32.9 Å². The average Bonchev–Trinajstić information content (AvgIpc) is 2.31. The molecule has 0 rings (SSSR count). The number of ether oxygens (including phenoxy) is 2. The quantitative estimate of drug-likeness (QED) is 0.536. The molecule has 0 saturated carbocycles. The maximum Gasteiger partial charge on any atom is 0.0723 e. The third-order valence-electron chi connectivity index (χ3n) is 2.72. The van der Waals surface area contributed by atoms with E-state index in [-0.39, 0.29) is 0 Å². The number of nitrogens with one attached hydrogen (secondary N) is 1. The molecule has 0 heterocycles. The van der Waals surface area contributed by atoms with E-state index < -0.39 is 0 Å². The van der Waals surface area contributed by atoms with Crippen molar-refractivity contribution in [3.05, 3.63) is 0 Å². The Morgan fingerprint density at radius 1 is 1.00 bits per heavy atom. The molecule has 0 aliphatic heterocycles. The van der Waals surface area contributed by atoms with Gasteiger partial charge in [0.25, 0.3) is 0 Å². The Hall–Kier alpha value is -0.120. The minimum Gasteiger partial charge on any atom is -0.379 e. The van der Waals surface area contributed by atoms with Crippen molar-refractivity contribution in [2.24, 2.45) is 5.92 Å². The largest absolute Gasteiger partial charge is 0.379 e. The van der Waals surface area contributed by atoms with Gasteiger partial charge in [-0.1, -0.05) is 34.1 Å². The lowest BCUT2D eigenvalue weighted by atomic mass is 10.1. The van der Waals surface area contributed by atoms with Gasteiger partial charge in [0.1, 0.15) is 0 Å². The number of unbranched alkanes of at least 4 members (excludes halogenated alkanes) is 1. The topological polar surface area (TPSA) is 30.5 Å². The molecule has 0 radical (unpaired) electrons. The summed E-state index contributed by atoms with van der Waals surface area (Å²) < 4.78 is 11.3. The number of hydrogen-bond acceptors (Lipinski definition) is 3. The lowest BCUT2D eigenvalue weighted by Gasteiger charge is -2.22. The first-order chi connectivity index (χ1) is 8.22. The SMILES string of the molecule is CCCCOCCOC(CNCCC)C(C)C. The minimum absolute atomic E-state index is 0.302. The van der Waals surface area contributed by atoms with Crippen LogP contribution in [-0.2, 0) is 9.47 Å². The average molecular weight is 245 g/mol. The Morgan fingerprint density at radius 3 is 2.35 bits per heavy atom. The van der Waals surface area contributed by atoms with Crippen molar-refractivity contribution < 1.29 is 9.47 Å². The molecule has 0 aliphatic carbocycles. The zero-order chi connectivity index (χ0) is 12.9. The summed E-state index contributed by atoms with van der Waals surface area (Å²) in [6, 6.07) is 0. The van der Waals surface area contributed by atoms with E-state index in [1.54, 1.807) is 0 Å². The summed E-state index contributed by atoms with van der Waals surface area (Å²) in [7, 11) is 0. The highest BCUT2D eigenvalue weighted by Crippen LogP contribution is 2.05. The van der Waals surface area contributed by atoms with E-state index in [4.69, 9.17) is 9.47 Å². The monoisotopic (exact) mass is 245 g/mol. The van der Waals surface area contributed by atoms with E-state index >= 15 is 0 Å². The molecule has 0 aliphatic rings. The maximum atomic E-state index is 5.84. The predicted molar refractivity (Wildman–Crippen MR) is 73.5 cm³/mol. The highest BCUT2D eigenvalue weighted by atomic mass is 16.5. The fourth-order valence-corrected chi connectivity index (χ4v) is 1.52. The van der Waals surface area contributed by atoms with Gasteiger partial charge >= 0.3 is 0 Å². The molecule has 1 atom stereocenters. The van der Waals surface area contributed by atoms with Crippen LogP contribution in [0.2, 0.25) is 0 Å². The molecule has 104 valence electrons. The van der Waals surface area contributed by atoms with Crippen LogP contribution in [0.3, 0.4) is 0 Å². The van der Waals surface area contributed by atoms with Crippen LogP contribution >= 0.6 is 0 Å². The molecule has 1 N–H and O–H groups in total. The first kappa shape index (κ1) is 16.9. The van der Waals surface area contributed by atoms with E-state index in [2.05, 4.69) is 33.0 Å². The summed E-state index contributed by atoms with van der Waals surface area (Å²) in [6.45, 7) is 13.1. The Bertz CT molecular complexity index is 151. The molecule has 0 amide bonds. The Kier molecular flexibility index (Phi) is 12.3. The fourth-order valence-electron chi connectivity index (χ4n) is 1.52. The van der Waals surface area contributed by atoms with Gasteiger partial charge in [0, 0.05) is 13.2 Å². The summed E-state index contributed by atoms with van der Waals surface area (Å²) in [4.78, 5) is 0.